The summed E-state index contributed by atoms with van der Waals surface area (Å²) in [7, 11) is 0. The molecule has 1 amide bonds. The lowest BCUT2D eigenvalue weighted by Crippen LogP contribution is -2.40. The molecule has 0 unspecified atom stereocenters. The van der Waals surface area contributed by atoms with Crippen molar-refractivity contribution in [1.82, 2.24) is 4.90 Å². The highest BCUT2D eigenvalue weighted by Crippen LogP contribution is 2.47. The Kier molecular flexibility index (Phi) is 8.69. The minimum absolute atomic E-state index is 0.101. The van der Waals surface area contributed by atoms with Crippen molar-refractivity contribution in [2.75, 3.05) is 37.8 Å². The molecular formula is C27H37NO4S. The molecule has 2 fully saturated rings. The van der Waals surface area contributed by atoms with Gasteiger partial charge in [0.15, 0.2) is 0 Å². The second-order valence-corrected chi connectivity index (χ2v) is 10.8. The molecular weight excluding hydrogens is 434 g/mol. The number of aliphatic hydroxyl groups is 2. The number of hydrogen-bond donors (Lipinski definition) is 2. The molecule has 5 atom stereocenters. The molecule has 1 saturated heterocycles. The molecule has 0 aromatic heterocycles. The van der Waals surface area contributed by atoms with Gasteiger partial charge in [0.05, 0.1) is 25.4 Å². The quantitative estimate of drug-likeness (QED) is 0.427. The van der Waals surface area contributed by atoms with Crippen LogP contribution in [0.3, 0.4) is 0 Å². The summed E-state index contributed by atoms with van der Waals surface area (Å²) in [5, 5.41) is 21.1. The van der Waals surface area contributed by atoms with Gasteiger partial charge in [-0.3, -0.25) is 4.79 Å². The van der Waals surface area contributed by atoms with Crippen molar-refractivity contribution in [3.8, 4) is 0 Å². The van der Waals surface area contributed by atoms with E-state index in [2.05, 4.69) is 31.2 Å². The number of allylic oxidation sites excluding steroid dienone is 1. The summed E-state index contributed by atoms with van der Waals surface area (Å²) in [5.74, 6) is 3.00. The second-order valence-electron chi connectivity index (χ2n) is 9.68. The number of aliphatic hydroxyl groups excluding tert-OH is 2. The number of carbonyl (C=O) groups is 1. The number of hydrogen-bond acceptors (Lipinski definition) is 5. The minimum atomic E-state index is -0.536. The molecule has 2 N–H and O–H groups in total. The van der Waals surface area contributed by atoms with Gasteiger partial charge in [0, 0.05) is 43.4 Å². The third-order valence-corrected chi connectivity index (χ3v) is 8.21. The highest BCUT2D eigenvalue weighted by Gasteiger charge is 2.43. The van der Waals surface area contributed by atoms with E-state index in [1.807, 2.05) is 34.9 Å². The monoisotopic (exact) mass is 471 g/mol. The van der Waals surface area contributed by atoms with E-state index in [4.69, 9.17) is 4.74 Å². The molecule has 5 nitrogen and oxygen atoms in total. The van der Waals surface area contributed by atoms with Crippen LogP contribution in [0.25, 0.3) is 0 Å². The van der Waals surface area contributed by atoms with E-state index < -0.39 is 6.10 Å². The summed E-state index contributed by atoms with van der Waals surface area (Å²) in [6.45, 7) is 4.80. The summed E-state index contributed by atoms with van der Waals surface area (Å²) in [6.07, 6.45) is 8.43. The van der Waals surface area contributed by atoms with E-state index in [9.17, 15) is 15.0 Å². The normalized spacial score (nSPS) is 28.2. The molecule has 33 heavy (non-hydrogen) atoms. The predicted molar refractivity (Wildman–Crippen MR) is 133 cm³/mol. The van der Waals surface area contributed by atoms with Gasteiger partial charge in [-0.05, 0) is 37.2 Å². The number of ether oxygens (including phenoxy) is 1. The molecule has 1 aromatic carbocycles. The Balaban J connectivity index is 1.21. The van der Waals surface area contributed by atoms with Gasteiger partial charge < -0.3 is 19.8 Å². The number of morpholine rings is 1. The zero-order valence-corrected chi connectivity index (χ0v) is 20.4. The number of benzene rings is 1. The van der Waals surface area contributed by atoms with E-state index in [0.717, 1.165) is 43.0 Å². The van der Waals surface area contributed by atoms with Crippen molar-refractivity contribution in [2.24, 2.45) is 17.8 Å². The van der Waals surface area contributed by atoms with Crippen molar-refractivity contribution in [3.05, 3.63) is 59.2 Å². The Morgan fingerprint density at radius 3 is 2.94 bits per heavy atom. The average Bonchev–Trinajstić information content (AvgIpc) is 3.32. The van der Waals surface area contributed by atoms with Crippen molar-refractivity contribution < 1.29 is 19.7 Å². The van der Waals surface area contributed by atoms with Crippen LogP contribution < -0.4 is 0 Å². The number of nitrogens with zero attached hydrogens (tertiary/aromatic N) is 1. The molecule has 2 aliphatic carbocycles. The van der Waals surface area contributed by atoms with Crippen molar-refractivity contribution in [2.45, 2.75) is 44.8 Å². The number of fused-ring (bicyclic) bond motifs is 1. The Labute approximate surface area is 201 Å². The van der Waals surface area contributed by atoms with Crippen molar-refractivity contribution in [1.29, 1.82) is 0 Å². The number of amides is 1. The first kappa shape index (κ1) is 24.5. The van der Waals surface area contributed by atoms with Crippen LogP contribution in [0.2, 0.25) is 0 Å². The molecule has 0 radical (unpaired) electrons. The fourth-order valence-corrected chi connectivity index (χ4v) is 6.39. The molecule has 1 saturated carbocycles. The summed E-state index contributed by atoms with van der Waals surface area (Å²) in [5.41, 5.74) is 3.77. The van der Waals surface area contributed by atoms with Gasteiger partial charge in [0.25, 0.3) is 0 Å². The summed E-state index contributed by atoms with van der Waals surface area (Å²) < 4.78 is 5.31. The Morgan fingerprint density at radius 2 is 2.15 bits per heavy atom. The van der Waals surface area contributed by atoms with Crippen LogP contribution in [0.5, 0.6) is 0 Å². The number of aryl methyl sites for hydroxylation is 1. The fraction of sp³-hybridized carbons (Fsp3) is 0.593. The Hall–Kier alpha value is -1.60. The highest BCUT2D eigenvalue weighted by molar-refractivity contribution is 7.99. The molecule has 6 heteroatoms. The van der Waals surface area contributed by atoms with E-state index in [-0.39, 0.29) is 17.9 Å². The molecule has 1 aliphatic heterocycles. The van der Waals surface area contributed by atoms with E-state index in [1.165, 1.54) is 11.1 Å². The lowest BCUT2D eigenvalue weighted by molar-refractivity contribution is -0.134. The Bertz CT molecular complexity index is 863. The molecule has 0 bridgehead atoms. The van der Waals surface area contributed by atoms with E-state index >= 15 is 0 Å². The van der Waals surface area contributed by atoms with Gasteiger partial charge in [0.2, 0.25) is 5.91 Å². The largest absolute Gasteiger partial charge is 0.392 e. The molecule has 3 aliphatic rings. The molecule has 1 heterocycles. The maximum absolute atomic E-state index is 12.3. The first-order valence-corrected chi connectivity index (χ1v) is 13.4. The third kappa shape index (κ3) is 6.72. The van der Waals surface area contributed by atoms with Gasteiger partial charge >= 0.3 is 0 Å². The maximum Gasteiger partial charge on any atom is 0.223 e. The van der Waals surface area contributed by atoms with Gasteiger partial charge in [0.1, 0.15) is 0 Å². The molecule has 180 valence electrons. The maximum atomic E-state index is 12.3. The zero-order chi connectivity index (χ0) is 23.2. The SMILES string of the molecule is Cc1cccc(C[C@@H](O)C=C[C@@H]2[C@H]3CC(CSCCC(=O)N4CCOCC4)=C[C@H]3C[C@H]2O)c1. The third-order valence-electron chi connectivity index (χ3n) is 7.14. The fourth-order valence-electron chi connectivity index (χ4n) is 5.45. The summed E-state index contributed by atoms with van der Waals surface area (Å²) >= 11 is 1.84. The number of carbonyl (C=O) groups excluding carboxylic acids is 1. The van der Waals surface area contributed by atoms with Crippen molar-refractivity contribution >= 4 is 17.7 Å². The highest BCUT2D eigenvalue weighted by atomic mass is 32.2. The molecule has 0 spiro atoms. The first-order chi connectivity index (χ1) is 16.0. The van der Waals surface area contributed by atoms with Crippen LogP contribution in [0, 0.1) is 24.7 Å². The topological polar surface area (TPSA) is 70.0 Å². The van der Waals surface area contributed by atoms with Crippen LogP contribution in [0.15, 0.2) is 48.1 Å². The zero-order valence-electron chi connectivity index (χ0n) is 19.6. The predicted octanol–water partition coefficient (Wildman–Crippen LogP) is 3.38. The molecule has 4 rings (SSSR count). The van der Waals surface area contributed by atoms with Crippen LogP contribution >= 0.6 is 11.8 Å². The smallest absolute Gasteiger partial charge is 0.223 e. The Morgan fingerprint density at radius 1 is 1.33 bits per heavy atom. The number of thioether (sulfide) groups is 1. The summed E-state index contributed by atoms with van der Waals surface area (Å²) in [6, 6.07) is 8.24. The minimum Gasteiger partial charge on any atom is -0.392 e. The lowest BCUT2D eigenvalue weighted by Gasteiger charge is -2.26. The van der Waals surface area contributed by atoms with Crippen LogP contribution in [0.4, 0.5) is 0 Å². The van der Waals surface area contributed by atoms with Gasteiger partial charge in [-0.1, -0.05) is 53.6 Å². The standard InChI is InChI=1S/C27H37NO4S/c1-19-3-2-4-20(13-19)15-23(29)5-6-24-25-16-21(14-22(25)17-26(24)30)18-33-12-7-27(31)28-8-10-32-11-9-28/h2-6,13-14,22-26,29-30H,7-12,15-18H2,1H3/t22-,23-,24+,25-,26+/m0/s1. The van der Waals surface area contributed by atoms with Crippen LogP contribution in [-0.2, 0) is 16.0 Å². The van der Waals surface area contributed by atoms with E-state index in [1.54, 1.807) is 0 Å². The number of rotatable bonds is 9. The van der Waals surface area contributed by atoms with Crippen molar-refractivity contribution in [3.63, 3.8) is 0 Å². The van der Waals surface area contributed by atoms with Gasteiger partial charge in [-0.15, -0.1) is 0 Å². The van der Waals surface area contributed by atoms with Gasteiger partial charge in [-0.2, -0.15) is 11.8 Å². The van der Waals surface area contributed by atoms with Crippen LogP contribution in [-0.4, -0.2) is 71.0 Å². The van der Waals surface area contributed by atoms with Crippen LogP contribution in [0.1, 0.15) is 30.4 Å². The van der Waals surface area contributed by atoms with E-state index in [0.29, 0.717) is 37.9 Å². The van der Waals surface area contributed by atoms with Gasteiger partial charge in [-0.25, -0.2) is 0 Å². The average molecular weight is 472 g/mol. The lowest BCUT2D eigenvalue weighted by atomic mass is 9.89. The second kappa shape index (κ2) is 11.7. The summed E-state index contributed by atoms with van der Waals surface area (Å²) in [4.78, 5) is 14.2. The molecule has 1 aromatic rings. The first-order valence-electron chi connectivity index (χ1n) is 12.2.